The van der Waals surface area contributed by atoms with Gasteiger partial charge in [0.25, 0.3) is 0 Å². The number of carbonyl (C=O) groups is 8. The number of hydrogen-bond donors (Lipinski definition) is 0. The Morgan fingerprint density at radius 2 is 0.438 bits per heavy atom. The van der Waals surface area contributed by atoms with Crippen LogP contribution >= 0.6 is 0 Å². The van der Waals surface area contributed by atoms with Crippen molar-refractivity contribution in [2.75, 3.05) is 52.6 Å². The highest BCUT2D eigenvalue weighted by Gasteiger charge is 2.62. The Labute approximate surface area is 723 Å². The summed E-state index contributed by atoms with van der Waals surface area (Å²) in [6.45, 7) is 63.9. The summed E-state index contributed by atoms with van der Waals surface area (Å²) in [4.78, 5) is 153. The van der Waals surface area contributed by atoms with Crippen molar-refractivity contribution in [3.05, 3.63) is 142 Å². The van der Waals surface area contributed by atoms with E-state index in [0.717, 1.165) is 0 Å². The van der Waals surface area contributed by atoms with Gasteiger partial charge in [0.15, 0.2) is 0 Å². The first-order valence-corrected chi connectivity index (χ1v) is 44.2. The van der Waals surface area contributed by atoms with Crippen LogP contribution in [0.2, 0.25) is 0 Å². The molecule has 4 amide bonds. The van der Waals surface area contributed by atoms with Gasteiger partial charge in [0.2, 0.25) is 23.6 Å². The molecule has 0 aliphatic carbocycles. The molecule has 0 spiro atoms. The average Bonchev–Trinajstić information content (AvgIpc) is 0.743. The topological polar surface area (TPSA) is 236 Å². The second-order valence-corrected chi connectivity index (χ2v) is 40.9. The van der Waals surface area contributed by atoms with Gasteiger partial charge in [0, 0.05) is 48.3 Å². The molecule has 24 heteroatoms. The fourth-order valence-electron chi connectivity index (χ4n) is 18.2. The maximum absolute atomic E-state index is 14.8. The molecule has 4 saturated heterocycles. The second kappa shape index (κ2) is 36.9. The van der Waals surface area contributed by atoms with Crippen LogP contribution in [0, 0.1) is 5.41 Å². The first-order chi connectivity index (χ1) is 55.9. The third-order valence-electron chi connectivity index (χ3n) is 26.0. The number of esters is 4. The van der Waals surface area contributed by atoms with E-state index in [1.807, 2.05) is 206 Å². The molecule has 8 rings (SSSR count). The maximum Gasteiger partial charge on any atom is 0.338 e. The van der Waals surface area contributed by atoms with Crippen molar-refractivity contribution in [1.82, 2.24) is 39.9 Å². The van der Waals surface area contributed by atoms with Gasteiger partial charge in [-0.2, -0.15) is 20.3 Å². The number of benzene rings is 4. The first-order valence-electron chi connectivity index (χ1n) is 44.2. The molecule has 0 aromatic heterocycles. The zero-order valence-electron chi connectivity index (χ0n) is 79.5. The van der Waals surface area contributed by atoms with Gasteiger partial charge in [0.05, 0.1) is 44.4 Å². The Morgan fingerprint density at radius 1 is 0.289 bits per heavy atom. The molecule has 4 aromatic carbocycles. The molecule has 672 valence electrons. The largest absolute Gasteiger partial charge is 0.461 e. The Hall–Kier alpha value is -7.68. The van der Waals surface area contributed by atoms with Crippen LogP contribution in [-0.4, -0.2) is 206 Å². The molecule has 0 saturated carbocycles. The van der Waals surface area contributed by atoms with Crippen LogP contribution in [-0.2, 0) is 57.5 Å². The third-order valence-corrected chi connectivity index (χ3v) is 26.0. The van der Waals surface area contributed by atoms with Crippen molar-refractivity contribution >= 4 is 47.5 Å². The van der Waals surface area contributed by atoms with Crippen LogP contribution in [0.5, 0.6) is 0 Å². The standard InChI is InChI=1S/C97H148N8O16/c1-33-94(34-2)81(110)98(85(13,14)15)57-89(25,26)102(94)118-65(9)69-41-49-73(50-42-69)77(106)114-61-93(62-115-78(107)74-51-43-70(44-52-74)66(10)119-103-90(27,28)58-99(86(16,17)18)82(111)95(103,35-3)36-4,63-116-79(108)75-53-45-71(46-54-75)67(11)120-104-91(29,30)59-100(87(19,20)21)83(112)96(104,37-5)38-6)64-117-80(109)76-55-47-72(48-56-76)68(12)121-105-92(31,32)60-101(88(22,23)24)84(113)97(105,39-7)40-8/h41-56,65-68H,33-40,57-64H2,1-32H3. The van der Waals surface area contributed by atoms with E-state index in [1.165, 1.54) is 0 Å². The Bertz CT molecular complexity index is 3730. The third kappa shape index (κ3) is 20.2. The van der Waals surface area contributed by atoms with E-state index in [-0.39, 0.29) is 45.9 Å². The summed E-state index contributed by atoms with van der Waals surface area (Å²) in [6, 6.07) is 26.9. The molecule has 0 bridgehead atoms. The summed E-state index contributed by atoms with van der Waals surface area (Å²) in [5, 5.41) is 7.52. The maximum atomic E-state index is 14.8. The van der Waals surface area contributed by atoms with Gasteiger partial charge >= 0.3 is 23.9 Å². The molecule has 0 N–H and O–H groups in total. The number of carbonyl (C=O) groups excluding carboxylic acids is 8. The smallest absolute Gasteiger partial charge is 0.338 e. The average molecular weight is 1680 g/mol. The molecular weight excluding hydrogens is 1530 g/mol. The number of hydroxylamine groups is 8. The highest BCUT2D eigenvalue weighted by atomic mass is 16.7. The van der Waals surface area contributed by atoms with E-state index in [9.17, 15) is 38.4 Å². The van der Waals surface area contributed by atoms with E-state index < -0.39 is 147 Å². The van der Waals surface area contributed by atoms with Crippen molar-refractivity contribution in [1.29, 1.82) is 0 Å². The van der Waals surface area contributed by atoms with Gasteiger partial charge in [-0.15, -0.1) is 0 Å². The first kappa shape index (κ1) is 98.8. The molecule has 121 heavy (non-hydrogen) atoms. The predicted molar refractivity (Wildman–Crippen MR) is 470 cm³/mol. The number of hydrogen-bond acceptors (Lipinski definition) is 20. The summed E-state index contributed by atoms with van der Waals surface area (Å²) < 4.78 is 25.1. The fraction of sp³-hybridized carbons (Fsp3) is 0.670. The molecule has 4 fully saturated rings. The van der Waals surface area contributed by atoms with Gasteiger partial charge in [-0.1, -0.05) is 104 Å². The predicted octanol–water partition coefficient (Wildman–Crippen LogP) is 18.5. The monoisotopic (exact) mass is 1680 g/mol. The number of nitrogens with zero attached hydrogens (tertiary/aromatic N) is 8. The van der Waals surface area contributed by atoms with E-state index in [4.69, 9.17) is 38.3 Å². The lowest BCUT2D eigenvalue weighted by molar-refractivity contribution is -0.311. The lowest BCUT2D eigenvalue weighted by Gasteiger charge is -2.59. The zero-order chi connectivity index (χ0) is 91.0. The summed E-state index contributed by atoms with van der Waals surface area (Å²) in [7, 11) is 0. The molecule has 0 radical (unpaired) electrons. The Kier molecular flexibility index (Phi) is 30.1. The van der Waals surface area contributed by atoms with Crippen molar-refractivity contribution in [3.8, 4) is 0 Å². The van der Waals surface area contributed by atoms with Crippen LogP contribution < -0.4 is 0 Å². The second-order valence-electron chi connectivity index (χ2n) is 40.9. The number of amides is 4. The summed E-state index contributed by atoms with van der Waals surface area (Å²) in [5.74, 6) is -3.25. The molecule has 4 atom stereocenters. The van der Waals surface area contributed by atoms with Gasteiger partial charge < -0.3 is 38.5 Å². The minimum Gasteiger partial charge on any atom is -0.461 e. The summed E-state index contributed by atoms with van der Waals surface area (Å²) >= 11 is 0. The lowest BCUT2D eigenvalue weighted by atomic mass is 9.80. The van der Waals surface area contributed by atoms with Gasteiger partial charge in [0.1, 0.15) is 78.4 Å². The quantitative estimate of drug-likeness (QED) is 0.0326. The van der Waals surface area contributed by atoms with Crippen LogP contribution in [0.25, 0.3) is 0 Å². The molecule has 4 aromatic rings. The van der Waals surface area contributed by atoms with Gasteiger partial charge in [-0.05, 0) is 288 Å². The van der Waals surface area contributed by atoms with Crippen LogP contribution in [0.15, 0.2) is 97.1 Å². The van der Waals surface area contributed by atoms with Crippen molar-refractivity contribution in [2.24, 2.45) is 5.41 Å². The molecular formula is C97H148N8O16. The zero-order valence-corrected chi connectivity index (χ0v) is 79.5. The normalized spacial score (nSPS) is 21.1. The summed E-state index contributed by atoms with van der Waals surface area (Å²) in [5.41, 5.74) is -6.43. The number of piperazine rings is 4. The highest BCUT2D eigenvalue weighted by molar-refractivity contribution is 5.93. The molecule has 24 nitrogen and oxygen atoms in total. The Balaban J connectivity index is 1.13. The molecule has 4 aliphatic heterocycles. The van der Waals surface area contributed by atoms with Crippen molar-refractivity contribution in [2.45, 2.75) is 364 Å². The van der Waals surface area contributed by atoms with Crippen molar-refractivity contribution in [3.63, 3.8) is 0 Å². The minimum atomic E-state index is -1.82. The highest BCUT2D eigenvalue weighted by Crippen LogP contribution is 2.48. The van der Waals surface area contributed by atoms with E-state index in [2.05, 4.69) is 55.4 Å². The molecule has 4 aliphatic rings. The van der Waals surface area contributed by atoms with Gasteiger partial charge in [-0.25, -0.2) is 19.2 Å². The van der Waals surface area contributed by atoms with Crippen LogP contribution in [0.1, 0.15) is 361 Å². The molecule has 4 heterocycles. The SMILES string of the molecule is CCC1(CC)C(=O)N(C(C)(C)C)CC(C)(C)N1OC(C)c1ccc(C(=O)OCC(COC(=O)c2ccc(C(C)ON3C(C)(C)CN(C(C)(C)C)C(=O)C3(CC)CC)cc2)(COC(=O)c2ccc(C(C)ON3C(C)(C)CN(C(C)(C)C)C(=O)C3(CC)CC)cc2)COC(=O)c2ccc(C(C)ON3C(C)(C)CN(C(C)(C)C)C(=O)C3(CC)CC)cc2)cc1. The van der Waals surface area contributed by atoms with Crippen LogP contribution in [0.4, 0.5) is 0 Å². The summed E-state index contributed by atoms with van der Waals surface area (Å²) in [6.07, 6.45) is 1.68. The lowest BCUT2D eigenvalue weighted by Crippen LogP contribution is -2.75. The van der Waals surface area contributed by atoms with Gasteiger partial charge in [-0.3, -0.25) is 38.5 Å². The fourth-order valence-corrected chi connectivity index (χ4v) is 18.2. The number of ether oxygens (including phenoxy) is 4. The van der Waals surface area contributed by atoms with E-state index >= 15 is 0 Å². The van der Waals surface area contributed by atoms with Crippen molar-refractivity contribution < 1.29 is 76.7 Å². The molecule has 4 unspecified atom stereocenters. The van der Waals surface area contributed by atoms with E-state index in [1.54, 1.807) is 97.1 Å². The minimum absolute atomic E-state index is 0.00465. The van der Waals surface area contributed by atoms with E-state index in [0.29, 0.717) is 99.8 Å². The number of rotatable bonds is 32. The van der Waals surface area contributed by atoms with Crippen LogP contribution in [0.3, 0.4) is 0 Å². The Morgan fingerprint density at radius 3 is 0.570 bits per heavy atom.